The summed E-state index contributed by atoms with van der Waals surface area (Å²) in [5.74, 6) is -0.0774. The first-order valence-corrected chi connectivity index (χ1v) is 9.12. The molecule has 0 fully saturated rings. The van der Waals surface area contributed by atoms with Crippen LogP contribution in [0.3, 0.4) is 0 Å². The van der Waals surface area contributed by atoms with Crippen LogP contribution in [0.4, 0.5) is 11.4 Å². The van der Waals surface area contributed by atoms with E-state index in [0.717, 1.165) is 0 Å². The van der Waals surface area contributed by atoms with Gasteiger partial charge in [0.05, 0.1) is 16.7 Å². The molecule has 2 heterocycles. The van der Waals surface area contributed by atoms with Crippen LogP contribution < -0.4 is 15.6 Å². The number of amides is 1. The lowest BCUT2D eigenvalue weighted by molar-refractivity contribution is -0.385. The van der Waals surface area contributed by atoms with E-state index in [1.165, 1.54) is 48.9 Å². The highest BCUT2D eigenvalue weighted by molar-refractivity contribution is 6.30. The minimum atomic E-state index is -1.67. The van der Waals surface area contributed by atoms with Crippen LogP contribution in [0.1, 0.15) is 39.3 Å². The molecule has 10 heteroatoms. The lowest BCUT2D eigenvalue weighted by Gasteiger charge is -2.49. The van der Waals surface area contributed by atoms with E-state index in [1.807, 2.05) is 0 Å². The number of nitro benzene ring substituents is 1. The molecule has 2 aromatic rings. The zero-order valence-corrected chi connectivity index (χ0v) is 17.0. The van der Waals surface area contributed by atoms with Crippen molar-refractivity contribution in [3.05, 3.63) is 61.5 Å². The monoisotopic (exact) mass is 421 g/mol. The number of fused-ring (bicyclic) bond motifs is 1. The van der Waals surface area contributed by atoms with E-state index >= 15 is 0 Å². The molecule has 0 spiro atoms. The largest absolute Gasteiger partial charge is 0.484 e. The van der Waals surface area contributed by atoms with Crippen molar-refractivity contribution in [2.24, 2.45) is 0 Å². The standard InChI is InChI=1S/C19H20ClN3O6/c1-10(24)21-11-7-14(20)17(25)22(9-11)16-13-8-12(23(27)28)5-6-15(13)29-18(2,3)19(16,4)26/h5-9,16,26H,1-4H3,(H,21,24). The van der Waals surface area contributed by atoms with E-state index in [0.29, 0.717) is 5.75 Å². The van der Waals surface area contributed by atoms with Gasteiger partial charge < -0.3 is 19.7 Å². The molecule has 0 saturated heterocycles. The van der Waals surface area contributed by atoms with Gasteiger partial charge in [-0.2, -0.15) is 0 Å². The molecule has 9 nitrogen and oxygen atoms in total. The van der Waals surface area contributed by atoms with Crippen molar-refractivity contribution in [3.63, 3.8) is 0 Å². The van der Waals surface area contributed by atoms with Crippen LogP contribution in [0.25, 0.3) is 0 Å². The fourth-order valence-corrected chi connectivity index (χ4v) is 3.63. The second-order valence-electron chi connectivity index (χ2n) is 7.61. The van der Waals surface area contributed by atoms with Crippen molar-refractivity contribution in [1.82, 2.24) is 4.57 Å². The summed E-state index contributed by atoms with van der Waals surface area (Å²) in [5.41, 5.74) is -3.17. The Kier molecular flexibility index (Phi) is 4.92. The first kappa shape index (κ1) is 20.8. The minimum absolute atomic E-state index is 0.177. The van der Waals surface area contributed by atoms with E-state index in [9.17, 15) is 24.8 Å². The topological polar surface area (TPSA) is 124 Å². The molecule has 2 unspecified atom stereocenters. The van der Waals surface area contributed by atoms with Crippen LogP contribution in [0.2, 0.25) is 5.02 Å². The summed E-state index contributed by atoms with van der Waals surface area (Å²) < 4.78 is 7.06. The Bertz CT molecular complexity index is 1080. The molecule has 0 radical (unpaired) electrons. The highest BCUT2D eigenvalue weighted by Crippen LogP contribution is 2.48. The second kappa shape index (κ2) is 6.85. The number of nitrogens with one attached hydrogen (secondary N) is 1. The number of halogens is 1. The van der Waals surface area contributed by atoms with Crippen molar-refractivity contribution < 1.29 is 19.6 Å². The summed E-state index contributed by atoms with van der Waals surface area (Å²) in [6.07, 6.45) is 1.35. The number of ether oxygens (including phenoxy) is 1. The van der Waals surface area contributed by atoms with E-state index in [-0.39, 0.29) is 27.9 Å². The smallest absolute Gasteiger partial charge is 0.270 e. The zero-order chi connectivity index (χ0) is 21.7. The quantitative estimate of drug-likeness (QED) is 0.580. The molecule has 0 bridgehead atoms. The Morgan fingerprint density at radius 3 is 2.59 bits per heavy atom. The summed E-state index contributed by atoms with van der Waals surface area (Å²) in [6.45, 7) is 6.07. The average molecular weight is 422 g/mol. The van der Waals surface area contributed by atoms with Crippen molar-refractivity contribution in [2.75, 3.05) is 5.32 Å². The van der Waals surface area contributed by atoms with Gasteiger partial charge in [0.2, 0.25) is 5.91 Å². The number of carbonyl (C=O) groups excluding carboxylic acids is 1. The number of nitro groups is 1. The number of pyridine rings is 1. The van der Waals surface area contributed by atoms with Gasteiger partial charge in [-0.1, -0.05) is 11.6 Å². The maximum absolute atomic E-state index is 12.9. The molecular formula is C19H20ClN3O6. The van der Waals surface area contributed by atoms with Crippen LogP contribution in [0.5, 0.6) is 5.75 Å². The van der Waals surface area contributed by atoms with Gasteiger partial charge >= 0.3 is 0 Å². The number of anilines is 1. The van der Waals surface area contributed by atoms with Crippen molar-refractivity contribution in [2.45, 2.75) is 44.9 Å². The first-order valence-electron chi connectivity index (χ1n) is 8.74. The average Bonchev–Trinajstić information content (AvgIpc) is 2.58. The van der Waals surface area contributed by atoms with E-state index < -0.39 is 27.7 Å². The fourth-order valence-electron chi connectivity index (χ4n) is 3.42. The second-order valence-corrected chi connectivity index (χ2v) is 8.02. The lowest BCUT2D eigenvalue weighted by Crippen LogP contribution is -2.60. The summed E-state index contributed by atoms with van der Waals surface area (Å²) in [5, 5.41) is 25.0. The molecule has 0 saturated carbocycles. The van der Waals surface area contributed by atoms with Gasteiger partial charge in [0, 0.05) is 30.8 Å². The number of aliphatic hydroxyl groups is 1. The number of aromatic nitrogens is 1. The number of benzene rings is 1. The van der Waals surface area contributed by atoms with E-state index in [1.54, 1.807) is 13.8 Å². The molecule has 29 heavy (non-hydrogen) atoms. The maximum atomic E-state index is 12.9. The molecule has 0 aliphatic carbocycles. The molecule has 1 aromatic carbocycles. The number of rotatable bonds is 3. The predicted molar refractivity (Wildman–Crippen MR) is 107 cm³/mol. The molecule has 3 rings (SSSR count). The van der Waals surface area contributed by atoms with Gasteiger partial charge in [-0.15, -0.1) is 0 Å². The number of hydrogen-bond acceptors (Lipinski definition) is 6. The Labute approximate surface area is 171 Å². The highest BCUT2D eigenvalue weighted by Gasteiger charge is 2.54. The van der Waals surface area contributed by atoms with Crippen LogP contribution in [0.15, 0.2) is 35.3 Å². The molecule has 1 aliphatic heterocycles. The molecule has 154 valence electrons. The number of carbonyl (C=O) groups is 1. The summed E-state index contributed by atoms with van der Waals surface area (Å²) in [7, 11) is 0. The number of non-ortho nitro benzene ring substituents is 1. The molecule has 2 N–H and O–H groups in total. The number of nitrogens with zero attached hydrogens (tertiary/aromatic N) is 2. The molecule has 1 amide bonds. The summed E-state index contributed by atoms with van der Waals surface area (Å²) >= 11 is 6.09. The third-order valence-corrected chi connectivity index (χ3v) is 5.48. The van der Waals surface area contributed by atoms with Crippen molar-refractivity contribution in [1.29, 1.82) is 0 Å². The van der Waals surface area contributed by atoms with E-state index in [4.69, 9.17) is 16.3 Å². The van der Waals surface area contributed by atoms with Gasteiger partial charge in [-0.05, 0) is 32.9 Å². The molecular weight excluding hydrogens is 402 g/mol. The maximum Gasteiger partial charge on any atom is 0.270 e. The van der Waals surface area contributed by atoms with Crippen LogP contribution in [0, 0.1) is 10.1 Å². The first-order chi connectivity index (χ1) is 13.3. The van der Waals surface area contributed by atoms with Crippen LogP contribution >= 0.6 is 11.6 Å². The lowest BCUT2D eigenvalue weighted by atomic mass is 9.75. The Morgan fingerprint density at radius 2 is 2.00 bits per heavy atom. The summed E-state index contributed by atoms with van der Waals surface area (Å²) in [4.78, 5) is 35.0. The van der Waals surface area contributed by atoms with Gasteiger partial charge in [-0.3, -0.25) is 19.7 Å². The van der Waals surface area contributed by atoms with Gasteiger partial charge in [-0.25, -0.2) is 0 Å². The Hall–Kier alpha value is -2.91. The summed E-state index contributed by atoms with van der Waals surface area (Å²) in [6, 6.07) is 4.21. The fraction of sp³-hybridized carbons (Fsp3) is 0.368. The van der Waals surface area contributed by atoms with Gasteiger partial charge in [0.15, 0.2) is 0 Å². The molecule has 2 atom stereocenters. The highest BCUT2D eigenvalue weighted by atomic mass is 35.5. The van der Waals surface area contributed by atoms with Crippen LogP contribution in [-0.2, 0) is 4.79 Å². The van der Waals surface area contributed by atoms with E-state index in [2.05, 4.69) is 5.32 Å². The predicted octanol–water partition coefficient (Wildman–Crippen LogP) is 2.88. The van der Waals surface area contributed by atoms with Gasteiger partial charge in [0.25, 0.3) is 11.2 Å². The minimum Gasteiger partial charge on any atom is -0.484 e. The number of hydrogen-bond donors (Lipinski definition) is 2. The van der Waals surface area contributed by atoms with Crippen LogP contribution in [-0.4, -0.2) is 31.7 Å². The third-order valence-electron chi connectivity index (χ3n) is 5.21. The SMILES string of the molecule is CC(=O)Nc1cc(Cl)c(=O)n(C2c3cc([N+](=O)[O-])ccc3OC(C)(C)C2(C)O)c1. The van der Waals surface area contributed by atoms with Gasteiger partial charge in [0.1, 0.15) is 22.0 Å². The third kappa shape index (κ3) is 3.47. The normalized spacial score (nSPS) is 22.3. The van der Waals surface area contributed by atoms with Crippen molar-refractivity contribution >= 4 is 28.9 Å². The Morgan fingerprint density at radius 1 is 1.34 bits per heavy atom. The van der Waals surface area contributed by atoms with Crippen molar-refractivity contribution in [3.8, 4) is 5.75 Å². The Balaban J connectivity index is 2.34. The zero-order valence-electron chi connectivity index (χ0n) is 16.2. The molecule has 1 aliphatic rings. The molecule has 1 aromatic heterocycles.